The van der Waals surface area contributed by atoms with Gasteiger partial charge in [-0.25, -0.2) is 13.4 Å². The molecular formula is C15H18BrN3O3S. The molecule has 0 aliphatic rings. The summed E-state index contributed by atoms with van der Waals surface area (Å²) in [5, 5.41) is 2.96. The molecule has 0 aliphatic heterocycles. The summed E-state index contributed by atoms with van der Waals surface area (Å²) in [7, 11) is -2.00. The van der Waals surface area contributed by atoms with Gasteiger partial charge in [-0.3, -0.25) is 0 Å². The lowest BCUT2D eigenvalue weighted by atomic mass is 10.2. The molecule has 0 fully saturated rings. The van der Waals surface area contributed by atoms with Gasteiger partial charge >= 0.3 is 0 Å². The fourth-order valence-corrected chi connectivity index (χ4v) is 3.52. The Bertz CT molecular complexity index is 777. The van der Waals surface area contributed by atoms with E-state index in [4.69, 9.17) is 4.74 Å². The van der Waals surface area contributed by atoms with Gasteiger partial charge in [-0.1, -0.05) is 15.9 Å². The van der Waals surface area contributed by atoms with E-state index in [0.29, 0.717) is 11.8 Å². The van der Waals surface area contributed by atoms with Gasteiger partial charge in [0.1, 0.15) is 0 Å². The molecule has 0 saturated heterocycles. The van der Waals surface area contributed by atoms with Crippen LogP contribution < -0.4 is 10.1 Å². The Morgan fingerprint density at radius 1 is 1.22 bits per heavy atom. The number of methoxy groups -OCH3 is 1. The molecule has 1 aromatic heterocycles. The number of benzene rings is 1. The summed E-state index contributed by atoms with van der Waals surface area (Å²) in [6.07, 6.45) is 1.55. The number of nitrogens with one attached hydrogen (secondary N) is 1. The fourth-order valence-electron chi connectivity index (χ4n) is 1.86. The van der Waals surface area contributed by atoms with Crippen molar-refractivity contribution in [3.05, 3.63) is 41.0 Å². The minimum Gasteiger partial charge on any atom is -0.481 e. The minimum absolute atomic E-state index is 0.165. The summed E-state index contributed by atoms with van der Waals surface area (Å²) in [6.45, 7) is 3.49. The van der Waals surface area contributed by atoms with Gasteiger partial charge in [0.25, 0.3) is 0 Å². The van der Waals surface area contributed by atoms with Crippen LogP contribution in [0.5, 0.6) is 5.88 Å². The smallest absolute Gasteiger partial charge is 0.225 e. The molecule has 0 radical (unpaired) electrons. The summed E-state index contributed by atoms with van der Waals surface area (Å²) in [6, 6.07) is 8.21. The number of hydrogen-bond acceptors (Lipinski definition) is 6. The average molecular weight is 400 g/mol. The van der Waals surface area contributed by atoms with Crippen molar-refractivity contribution in [2.45, 2.75) is 23.5 Å². The van der Waals surface area contributed by atoms with Crippen LogP contribution in [0.4, 0.5) is 5.95 Å². The molecule has 1 aromatic carbocycles. The molecule has 2 aromatic rings. The lowest BCUT2D eigenvalue weighted by molar-refractivity contribution is 0.397. The van der Waals surface area contributed by atoms with Crippen molar-refractivity contribution in [3.63, 3.8) is 0 Å². The maximum Gasteiger partial charge on any atom is 0.225 e. The molecule has 1 heterocycles. The van der Waals surface area contributed by atoms with Crippen LogP contribution in [0.3, 0.4) is 0 Å². The summed E-state index contributed by atoms with van der Waals surface area (Å²) in [5.41, 5.74) is 0. The number of anilines is 1. The van der Waals surface area contributed by atoms with Gasteiger partial charge in [0, 0.05) is 23.3 Å². The Hall–Kier alpha value is -1.67. The Balaban J connectivity index is 2.18. The summed E-state index contributed by atoms with van der Waals surface area (Å²) in [5.74, 6) is 0.736. The number of halogens is 1. The van der Waals surface area contributed by atoms with Crippen LogP contribution in [0.2, 0.25) is 0 Å². The topological polar surface area (TPSA) is 81.2 Å². The number of rotatable bonds is 6. The van der Waals surface area contributed by atoms with Crippen LogP contribution in [0.1, 0.15) is 13.8 Å². The Labute approximate surface area is 144 Å². The van der Waals surface area contributed by atoms with Crippen molar-refractivity contribution >= 4 is 31.7 Å². The van der Waals surface area contributed by atoms with Crippen molar-refractivity contribution in [1.82, 2.24) is 9.97 Å². The van der Waals surface area contributed by atoms with Crippen molar-refractivity contribution < 1.29 is 13.2 Å². The lowest BCUT2D eigenvalue weighted by Crippen LogP contribution is -2.39. The largest absolute Gasteiger partial charge is 0.481 e. The molecule has 2 rings (SSSR count). The van der Waals surface area contributed by atoms with Crippen molar-refractivity contribution in [3.8, 4) is 5.88 Å². The Morgan fingerprint density at radius 2 is 1.87 bits per heavy atom. The highest BCUT2D eigenvalue weighted by Gasteiger charge is 2.35. The molecule has 0 bridgehead atoms. The van der Waals surface area contributed by atoms with E-state index in [2.05, 4.69) is 31.2 Å². The van der Waals surface area contributed by atoms with Gasteiger partial charge in [-0.15, -0.1) is 0 Å². The van der Waals surface area contributed by atoms with E-state index >= 15 is 0 Å². The van der Waals surface area contributed by atoms with Crippen LogP contribution in [0.25, 0.3) is 0 Å². The van der Waals surface area contributed by atoms with Crippen LogP contribution in [-0.4, -0.2) is 36.8 Å². The summed E-state index contributed by atoms with van der Waals surface area (Å²) < 4.78 is 30.4. The molecule has 6 nitrogen and oxygen atoms in total. The molecule has 0 aliphatic carbocycles. The standard InChI is InChI=1S/C15H18BrN3O3S/c1-15(2,10-18-14-17-9-8-13(19-14)22-3)23(20,21)12-6-4-11(16)5-7-12/h4-9H,10H2,1-3H3,(H,17,18,19). The monoisotopic (exact) mass is 399 g/mol. The van der Waals surface area contributed by atoms with Gasteiger partial charge in [0.2, 0.25) is 11.8 Å². The van der Waals surface area contributed by atoms with Crippen LogP contribution >= 0.6 is 15.9 Å². The van der Waals surface area contributed by atoms with Crippen LogP contribution in [-0.2, 0) is 9.84 Å². The highest BCUT2D eigenvalue weighted by Crippen LogP contribution is 2.26. The van der Waals surface area contributed by atoms with Crippen LogP contribution in [0, 0.1) is 0 Å². The molecular weight excluding hydrogens is 382 g/mol. The molecule has 124 valence electrons. The number of ether oxygens (including phenoxy) is 1. The third-order valence-electron chi connectivity index (χ3n) is 3.36. The van der Waals surface area contributed by atoms with Crippen molar-refractivity contribution in [1.29, 1.82) is 0 Å². The first-order valence-electron chi connectivity index (χ1n) is 6.87. The van der Waals surface area contributed by atoms with E-state index in [1.807, 2.05) is 0 Å². The maximum atomic E-state index is 12.8. The SMILES string of the molecule is COc1ccnc(NCC(C)(C)S(=O)(=O)c2ccc(Br)cc2)n1. The predicted molar refractivity (Wildman–Crippen MR) is 92.5 cm³/mol. The maximum absolute atomic E-state index is 12.8. The molecule has 0 spiro atoms. The van der Waals surface area contributed by atoms with E-state index in [0.717, 1.165) is 4.47 Å². The highest BCUT2D eigenvalue weighted by molar-refractivity contribution is 9.10. The van der Waals surface area contributed by atoms with Crippen molar-refractivity contribution in [2.75, 3.05) is 19.0 Å². The van der Waals surface area contributed by atoms with Gasteiger partial charge in [0.15, 0.2) is 9.84 Å². The molecule has 1 N–H and O–H groups in total. The number of sulfone groups is 1. The van der Waals surface area contributed by atoms with E-state index in [1.165, 1.54) is 7.11 Å². The first kappa shape index (κ1) is 17.7. The second kappa shape index (κ2) is 6.84. The van der Waals surface area contributed by atoms with Gasteiger partial charge in [0.05, 0.1) is 16.8 Å². The van der Waals surface area contributed by atoms with Gasteiger partial charge < -0.3 is 10.1 Å². The highest BCUT2D eigenvalue weighted by atomic mass is 79.9. The first-order chi connectivity index (χ1) is 10.8. The quantitative estimate of drug-likeness (QED) is 0.803. The third kappa shape index (κ3) is 4.00. The summed E-state index contributed by atoms with van der Waals surface area (Å²) in [4.78, 5) is 8.45. The fraction of sp³-hybridized carbons (Fsp3) is 0.333. The lowest BCUT2D eigenvalue weighted by Gasteiger charge is -2.25. The van der Waals surface area contributed by atoms with Crippen molar-refractivity contribution in [2.24, 2.45) is 0 Å². The molecule has 0 unspecified atom stereocenters. The second-order valence-corrected chi connectivity index (χ2v) is 8.99. The van der Waals surface area contributed by atoms with Gasteiger partial charge in [-0.2, -0.15) is 4.98 Å². The van der Waals surface area contributed by atoms with Crippen LogP contribution in [0.15, 0.2) is 45.9 Å². The zero-order valence-electron chi connectivity index (χ0n) is 13.1. The molecule has 0 atom stereocenters. The number of hydrogen-bond donors (Lipinski definition) is 1. The first-order valence-corrected chi connectivity index (χ1v) is 9.15. The molecule has 0 amide bonds. The molecule has 8 heteroatoms. The van der Waals surface area contributed by atoms with Gasteiger partial charge in [-0.05, 0) is 38.1 Å². The normalized spacial score (nSPS) is 12.0. The average Bonchev–Trinajstić information content (AvgIpc) is 2.53. The number of nitrogens with zero attached hydrogens (tertiary/aromatic N) is 2. The van der Waals surface area contributed by atoms with E-state index in [-0.39, 0.29) is 11.4 Å². The predicted octanol–water partition coefficient (Wildman–Crippen LogP) is 2.91. The zero-order chi connectivity index (χ0) is 17.1. The van der Waals surface area contributed by atoms with E-state index in [9.17, 15) is 8.42 Å². The number of aromatic nitrogens is 2. The molecule has 23 heavy (non-hydrogen) atoms. The Morgan fingerprint density at radius 3 is 2.48 bits per heavy atom. The minimum atomic E-state index is -3.51. The molecule has 0 saturated carbocycles. The van der Waals surface area contributed by atoms with E-state index < -0.39 is 14.6 Å². The Kier molecular flexibility index (Phi) is 5.26. The third-order valence-corrected chi connectivity index (χ3v) is 6.38. The second-order valence-electron chi connectivity index (χ2n) is 5.49. The van der Waals surface area contributed by atoms with E-state index in [1.54, 1.807) is 50.4 Å². The summed E-state index contributed by atoms with van der Waals surface area (Å²) >= 11 is 3.30. The zero-order valence-corrected chi connectivity index (χ0v) is 15.5.